The smallest absolute Gasteiger partial charge is 0.344 e. The second-order valence-corrected chi connectivity index (χ2v) is 6.28. The molecule has 146 valence electrons. The van der Waals surface area contributed by atoms with Crippen LogP contribution in [-0.2, 0) is 4.79 Å². The zero-order chi connectivity index (χ0) is 20.9. The lowest BCUT2D eigenvalue weighted by Gasteiger charge is -2.14. The number of aromatic hydroxyl groups is 4. The average molecular weight is 396 g/mol. The summed E-state index contributed by atoms with van der Waals surface area (Å²) in [5, 5.41) is 40.2. The van der Waals surface area contributed by atoms with E-state index in [1.807, 2.05) is 0 Å². The highest BCUT2D eigenvalue weighted by Crippen LogP contribution is 2.38. The molecule has 29 heavy (non-hydrogen) atoms. The lowest BCUT2D eigenvalue weighted by Crippen LogP contribution is -2.21. The number of carbonyl (C=O) groups excluding carboxylic acids is 1. The van der Waals surface area contributed by atoms with Crippen LogP contribution >= 0.6 is 0 Å². The van der Waals surface area contributed by atoms with Gasteiger partial charge >= 0.3 is 11.3 Å². The predicted molar refractivity (Wildman–Crippen MR) is 99.5 cm³/mol. The summed E-state index contributed by atoms with van der Waals surface area (Å²) in [7, 11) is 0. The Hall–Kier alpha value is -4.27. The maximum absolute atomic E-state index is 12.5. The number of hydrogen-bond donors (Lipinski definition) is 4. The highest BCUT2D eigenvalue weighted by atomic mass is 16.4. The van der Waals surface area contributed by atoms with Crippen LogP contribution in [0.4, 0.5) is 0 Å². The van der Waals surface area contributed by atoms with E-state index in [4.69, 9.17) is 8.83 Å². The second-order valence-electron chi connectivity index (χ2n) is 6.28. The molecule has 9 nitrogen and oxygen atoms in total. The fraction of sp³-hybridized carbons (Fsp3) is 0.0500. The van der Waals surface area contributed by atoms with Crippen molar-refractivity contribution in [3.8, 4) is 23.0 Å². The third-order valence-electron chi connectivity index (χ3n) is 4.55. The molecule has 0 aliphatic carbocycles. The summed E-state index contributed by atoms with van der Waals surface area (Å²) in [5.41, 5.74) is -3.68. The SMILES string of the molecule is O=CC(c1c(O)c2ccc(O)cc2oc1=O)c1c(O)c2ccc(O)cc2oc1=O. The predicted octanol–water partition coefficient (Wildman–Crippen LogP) is 2.05. The van der Waals surface area contributed by atoms with Gasteiger partial charge < -0.3 is 34.1 Å². The number of phenolic OH excluding ortho intramolecular Hbond substituents is 2. The molecule has 0 aliphatic rings. The summed E-state index contributed by atoms with van der Waals surface area (Å²) in [4.78, 5) is 36.7. The van der Waals surface area contributed by atoms with Crippen LogP contribution in [0.25, 0.3) is 21.9 Å². The minimum atomic E-state index is -1.70. The Balaban J connectivity index is 2.04. The van der Waals surface area contributed by atoms with Crippen molar-refractivity contribution in [1.29, 1.82) is 0 Å². The molecule has 0 aliphatic heterocycles. The molecule has 9 heteroatoms. The van der Waals surface area contributed by atoms with Crippen LogP contribution < -0.4 is 11.3 Å². The van der Waals surface area contributed by atoms with Crippen molar-refractivity contribution >= 4 is 28.2 Å². The zero-order valence-corrected chi connectivity index (χ0v) is 14.4. The lowest BCUT2D eigenvalue weighted by molar-refractivity contribution is -0.108. The van der Waals surface area contributed by atoms with Crippen molar-refractivity contribution in [2.24, 2.45) is 0 Å². The first-order chi connectivity index (χ1) is 13.8. The normalized spacial score (nSPS) is 11.3. The Labute approximate surface area is 160 Å². The Morgan fingerprint density at radius 2 is 1.14 bits per heavy atom. The Bertz CT molecular complexity index is 1310. The molecule has 4 N–H and O–H groups in total. The third-order valence-corrected chi connectivity index (χ3v) is 4.55. The van der Waals surface area contributed by atoms with E-state index in [0.717, 1.165) is 12.1 Å². The van der Waals surface area contributed by atoms with Crippen molar-refractivity contribution < 1.29 is 34.1 Å². The molecule has 2 aromatic heterocycles. The van der Waals surface area contributed by atoms with Crippen LogP contribution in [-0.4, -0.2) is 26.7 Å². The molecule has 0 bridgehead atoms. The van der Waals surface area contributed by atoms with Gasteiger partial charge in [0.2, 0.25) is 0 Å². The summed E-state index contributed by atoms with van der Waals surface area (Å²) in [6.07, 6.45) is 0.191. The van der Waals surface area contributed by atoms with E-state index in [9.17, 15) is 34.8 Å². The first-order valence-electron chi connectivity index (χ1n) is 8.24. The Kier molecular flexibility index (Phi) is 4.00. The van der Waals surface area contributed by atoms with Gasteiger partial charge in [0.1, 0.15) is 40.5 Å². The van der Waals surface area contributed by atoms with E-state index in [1.54, 1.807) is 0 Å². The zero-order valence-electron chi connectivity index (χ0n) is 14.4. The van der Waals surface area contributed by atoms with Crippen LogP contribution in [0, 0.1) is 0 Å². The van der Waals surface area contributed by atoms with Crippen LogP contribution in [0.2, 0.25) is 0 Å². The van der Waals surface area contributed by atoms with Gasteiger partial charge in [-0.1, -0.05) is 0 Å². The van der Waals surface area contributed by atoms with Gasteiger partial charge in [0.15, 0.2) is 0 Å². The summed E-state index contributed by atoms with van der Waals surface area (Å²) < 4.78 is 10.1. The second kappa shape index (κ2) is 6.41. The van der Waals surface area contributed by atoms with Crippen LogP contribution in [0.1, 0.15) is 17.0 Å². The fourth-order valence-electron chi connectivity index (χ4n) is 3.20. The molecular formula is C20H12O9. The van der Waals surface area contributed by atoms with E-state index in [-0.39, 0.29) is 39.7 Å². The number of fused-ring (bicyclic) bond motifs is 2. The van der Waals surface area contributed by atoms with E-state index in [1.165, 1.54) is 24.3 Å². The maximum atomic E-state index is 12.5. The van der Waals surface area contributed by atoms with E-state index in [0.29, 0.717) is 0 Å². The van der Waals surface area contributed by atoms with E-state index in [2.05, 4.69) is 0 Å². The quantitative estimate of drug-likeness (QED) is 0.300. The van der Waals surface area contributed by atoms with Crippen molar-refractivity contribution in [2.75, 3.05) is 0 Å². The van der Waals surface area contributed by atoms with Gasteiger partial charge in [-0.05, 0) is 24.3 Å². The minimum Gasteiger partial charge on any atom is -0.508 e. The fourth-order valence-corrected chi connectivity index (χ4v) is 3.20. The van der Waals surface area contributed by atoms with Gasteiger partial charge in [-0.25, -0.2) is 9.59 Å². The van der Waals surface area contributed by atoms with Crippen LogP contribution in [0.3, 0.4) is 0 Å². The summed E-state index contributed by atoms with van der Waals surface area (Å²) >= 11 is 0. The van der Waals surface area contributed by atoms with Gasteiger partial charge in [0, 0.05) is 12.1 Å². The summed E-state index contributed by atoms with van der Waals surface area (Å²) in [5.74, 6) is -3.40. The van der Waals surface area contributed by atoms with Crippen molar-refractivity contribution in [2.45, 2.75) is 5.92 Å². The molecular weight excluding hydrogens is 384 g/mol. The topological polar surface area (TPSA) is 158 Å². The molecule has 2 heterocycles. The standard InChI is InChI=1S/C20H12O9/c21-7-12(15-17(24)10-3-1-8(22)5-13(10)28-19(15)26)16-18(25)11-4-2-9(23)6-14(11)29-20(16)27/h1-7,12,22-25H. The highest BCUT2D eigenvalue weighted by molar-refractivity contribution is 5.90. The number of carbonyl (C=O) groups is 1. The number of benzene rings is 2. The van der Waals surface area contributed by atoms with Gasteiger partial charge in [-0.3, -0.25) is 0 Å². The lowest BCUT2D eigenvalue weighted by atomic mass is 9.91. The maximum Gasteiger partial charge on any atom is 0.344 e. The van der Waals surface area contributed by atoms with Gasteiger partial charge in [-0.15, -0.1) is 0 Å². The largest absolute Gasteiger partial charge is 0.508 e. The van der Waals surface area contributed by atoms with Crippen LogP contribution in [0.15, 0.2) is 54.8 Å². The molecule has 0 spiro atoms. The third kappa shape index (κ3) is 2.76. The Morgan fingerprint density at radius 1 is 0.724 bits per heavy atom. The van der Waals surface area contributed by atoms with Crippen molar-refractivity contribution in [3.63, 3.8) is 0 Å². The molecule has 0 radical (unpaired) electrons. The van der Waals surface area contributed by atoms with E-state index < -0.39 is 39.8 Å². The molecule has 0 unspecified atom stereocenters. The number of phenols is 2. The number of rotatable bonds is 3. The van der Waals surface area contributed by atoms with Gasteiger partial charge in [0.25, 0.3) is 0 Å². The molecule has 0 fully saturated rings. The van der Waals surface area contributed by atoms with Crippen molar-refractivity contribution in [3.05, 3.63) is 68.4 Å². The first kappa shape index (κ1) is 18.1. The molecule has 0 atom stereocenters. The molecule has 4 rings (SSSR count). The molecule has 2 aromatic carbocycles. The van der Waals surface area contributed by atoms with Gasteiger partial charge in [-0.2, -0.15) is 0 Å². The monoisotopic (exact) mass is 396 g/mol. The van der Waals surface area contributed by atoms with Gasteiger partial charge in [0.05, 0.1) is 27.8 Å². The average Bonchev–Trinajstić information content (AvgIpc) is 2.65. The Morgan fingerprint density at radius 3 is 1.52 bits per heavy atom. The molecule has 0 amide bonds. The summed E-state index contributed by atoms with van der Waals surface area (Å²) in [6.45, 7) is 0. The van der Waals surface area contributed by atoms with E-state index >= 15 is 0 Å². The minimum absolute atomic E-state index is 0.0128. The molecule has 0 saturated heterocycles. The molecule has 4 aromatic rings. The first-order valence-corrected chi connectivity index (χ1v) is 8.24. The number of hydrogen-bond acceptors (Lipinski definition) is 9. The number of aldehydes is 1. The van der Waals surface area contributed by atoms with Crippen LogP contribution in [0.5, 0.6) is 23.0 Å². The highest BCUT2D eigenvalue weighted by Gasteiger charge is 2.31. The summed E-state index contributed by atoms with van der Waals surface area (Å²) in [6, 6.07) is 7.20. The molecule has 0 saturated carbocycles. The van der Waals surface area contributed by atoms with Crippen molar-refractivity contribution in [1.82, 2.24) is 0 Å².